The molecule has 0 spiro atoms. The van der Waals surface area contributed by atoms with Gasteiger partial charge in [-0.2, -0.15) is 5.10 Å². The third-order valence-electron chi connectivity index (χ3n) is 2.86. The van der Waals surface area contributed by atoms with Crippen LogP contribution in [0.15, 0.2) is 30.9 Å². The molecule has 0 bridgehead atoms. The summed E-state index contributed by atoms with van der Waals surface area (Å²) in [6, 6.07) is 1.91. The Morgan fingerprint density at radius 2 is 2.26 bits per heavy atom. The topological polar surface area (TPSA) is 64.7 Å². The molecule has 1 atom stereocenters. The van der Waals surface area contributed by atoms with Crippen LogP contribution in [0.25, 0.3) is 0 Å². The van der Waals surface area contributed by atoms with E-state index in [0.717, 1.165) is 12.2 Å². The Kier molecular flexibility index (Phi) is 4.33. The summed E-state index contributed by atoms with van der Waals surface area (Å²) in [5, 5.41) is 7.08. The van der Waals surface area contributed by atoms with Gasteiger partial charge in [-0.15, -0.1) is 0 Å². The molecule has 2 aromatic heterocycles. The van der Waals surface area contributed by atoms with Crippen LogP contribution >= 0.6 is 0 Å². The van der Waals surface area contributed by atoms with Crippen molar-refractivity contribution in [1.29, 1.82) is 0 Å². The molecular formula is C13H19N5O. The molecule has 2 heterocycles. The van der Waals surface area contributed by atoms with Crippen molar-refractivity contribution in [3.05, 3.63) is 36.7 Å². The van der Waals surface area contributed by atoms with Crippen LogP contribution in [0.3, 0.4) is 0 Å². The lowest BCUT2D eigenvalue weighted by Gasteiger charge is -2.14. The predicted octanol–water partition coefficient (Wildman–Crippen LogP) is 0.847. The number of carbonyl (C=O) groups is 1. The number of carbonyl (C=O) groups excluding carboxylic acids is 1. The SMILES string of the molecule is CCc1nccn1CC(=O)N[C@H](C)Cn1cccn1. The molecule has 0 saturated carbocycles. The molecule has 0 aromatic carbocycles. The van der Waals surface area contributed by atoms with Crippen LogP contribution in [0.1, 0.15) is 19.7 Å². The van der Waals surface area contributed by atoms with Gasteiger partial charge in [0.2, 0.25) is 5.91 Å². The number of amides is 1. The minimum absolute atomic E-state index is 0.00708. The van der Waals surface area contributed by atoms with E-state index in [2.05, 4.69) is 15.4 Å². The molecule has 0 unspecified atom stereocenters. The maximum atomic E-state index is 11.9. The summed E-state index contributed by atoms with van der Waals surface area (Å²) in [5.74, 6) is 0.919. The summed E-state index contributed by atoms with van der Waals surface area (Å²) in [5.41, 5.74) is 0. The van der Waals surface area contributed by atoms with Gasteiger partial charge in [0.1, 0.15) is 12.4 Å². The van der Waals surface area contributed by atoms with Crippen molar-refractivity contribution in [3.8, 4) is 0 Å². The van der Waals surface area contributed by atoms with Crippen LogP contribution in [0.4, 0.5) is 0 Å². The summed E-state index contributed by atoms with van der Waals surface area (Å²) in [6.45, 7) is 4.97. The fraction of sp³-hybridized carbons (Fsp3) is 0.462. The van der Waals surface area contributed by atoms with E-state index in [-0.39, 0.29) is 11.9 Å². The molecule has 0 aliphatic heterocycles. The highest BCUT2D eigenvalue weighted by Gasteiger charge is 2.10. The second kappa shape index (κ2) is 6.17. The molecular weight excluding hydrogens is 242 g/mol. The van der Waals surface area contributed by atoms with Gasteiger partial charge < -0.3 is 9.88 Å². The van der Waals surface area contributed by atoms with Gasteiger partial charge in [0, 0.05) is 37.3 Å². The van der Waals surface area contributed by atoms with Crippen LogP contribution in [-0.2, 0) is 24.3 Å². The second-order valence-electron chi connectivity index (χ2n) is 4.52. The predicted molar refractivity (Wildman–Crippen MR) is 71.4 cm³/mol. The maximum absolute atomic E-state index is 11.9. The second-order valence-corrected chi connectivity index (χ2v) is 4.52. The lowest BCUT2D eigenvalue weighted by Crippen LogP contribution is -2.38. The molecule has 0 saturated heterocycles. The van der Waals surface area contributed by atoms with Gasteiger partial charge >= 0.3 is 0 Å². The van der Waals surface area contributed by atoms with E-state index in [1.165, 1.54) is 0 Å². The van der Waals surface area contributed by atoms with Gasteiger partial charge in [0.15, 0.2) is 0 Å². The lowest BCUT2D eigenvalue weighted by atomic mass is 10.3. The minimum atomic E-state index is -0.00708. The highest BCUT2D eigenvalue weighted by Crippen LogP contribution is 1.98. The molecule has 0 aliphatic rings. The average molecular weight is 261 g/mol. The molecule has 102 valence electrons. The smallest absolute Gasteiger partial charge is 0.240 e. The fourth-order valence-electron chi connectivity index (χ4n) is 2.01. The number of nitrogens with one attached hydrogen (secondary N) is 1. The normalized spacial score (nSPS) is 12.3. The first-order chi connectivity index (χ1) is 9.19. The standard InChI is InChI=1S/C13H19N5O/c1-3-12-14-6-8-17(12)10-13(19)16-11(2)9-18-7-4-5-15-18/h4-8,11H,3,9-10H2,1-2H3,(H,16,19)/t11-/m1/s1. The van der Waals surface area contributed by atoms with Gasteiger partial charge in [-0.1, -0.05) is 6.92 Å². The third kappa shape index (κ3) is 3.67. The Morgan fingerprint density at radius 3 is 2.95 bits per heavy atom. The zero-order valence-corrected chi connectivity index (χ0v) is 11.3. The van der Waals surface area contributed by atoms with Crippen LogP contribution in [-0.4, -0.2) is 31.3 Å². The number of rotatable bonds is 6. The number of aromatic nitrogens is 4. The van der Waals surface area contributed by atoms with Crippen molar-refractivity contribution in [2.75, 3.05) is 0 Å². The molecule has 1 amide bonds. The molecule has 0 radical (unpaired) electrons. The van der Waals surface area contributed by atoms with Crippen LogP contribution < -0.4 is 5.32 Å². The van der Waals surface area contributed by atoms with Gasteiger partial charge in [0.05, 0.1) is 6.54 Å². The lowest BCUT2D eigenvalue weighted by molar-refractivity contribution is -0.122. The first-order valence-electron chi connectivity index (χ1n) is 6.46. The Morgan fingerprint density at radius 1 is 1.42 bits per heavy atom. The first kappa shape index (κ1) is 13.3. The van der Waals surface area contributed by atoms with Crippen molar-refractivity contribution in [2.45, 2.75) is 39.4 Å². The van der Waals surface area contributed by atoms with E-state index in [4.69, 9.17) is 0 Å². The average Bonchev–Trinajstić information content (AvgIpc) is 2.99. The van der Waals surface area contributed by atoms with E-state index in [1.807, 2.05) is 36.9 Å². The molecule has 6 nitrogen and oxygen atoms in total. The monoisotopic (exact) mass is 261 g/mol. The van der Waals surface area contributed by atoms with Crippen molar-refractivity contribution in [1.82, 2.24) is 24.6 Å². The zero-order chi connectivity index (χ0) is 13.7. The Hall–Kier alpha value is -2.11. The van der Waals surface area contributed by atoms with E-state index in [9.17, 15) is 4.79 Å². The minimum Gasteiger partial charge on any atom is -0.350 e. The fourth-order valence-corrected chi connectivity index (χ4v) is 2.01. The Labute approximate surface area is 112 Å². The van der Waals surface area contributed by atoms with Crippen molar-refractivity contribution < 1.29 is 4.79 Å². The van der Waals surface area contributed by atoms with E-state index in [0.29, 0.717) is 13.1 Å². The first-order valence-corrected chi connectivity index (χ1v) is 6.46. The molecule has 2 rings (SSSR count). The van der Waals surface area contributed by atoms with Gasteiger partial charge in [0.25, 0.3) is 0 Å². The summed E-state index contributed by atoms with van der Waals surface area (Å²) in [6.07, 6.45) is 7.99. The largest absolute Gasteiger partial charge is 0.350 e. The van der Waals surface area contributed by atoms with Crippen molar-refractivity contribution in [2.24, 2.45) is 0 Å². The van der Waals surface area contributed by atoms with E-state index in [1.54, 1.807) is 17.1 Å². The molecule has 0 fully saturated rings. The molecule has 19 heavy (non-hydrogen) atoms. The van der Waals surface area contributed by atoms with Gasteiger partial charge in [-0.05, 0) is 13.0 Å². The number of hydrogen-bond donors (Lipinski definition) is 1. The zero-order valence-electron chi connectivity index (χ0n) is 11.3. The highest BCUT2D eigenvalue weighted by molar-refractivity contribution is 5.76. The highest BCUT2D eigenvalue weighted by atomic mass is 16.2. The molecule has 2 aromatic rings. The van der Waals surface area contributed by atoms with E-state index >= 15 is 0 Å². The number of hydrogen-bond acceptors (Lipinski definition) is 3. The van der Waals surface area contributed by atoms with Gasteiger partial charge in [-0.25, -0.2) is 4.98 Å². The molecule has 1 N–H and O–H groups in total. The third-order valence-corrected chi connectivity index (χ3v) is 2.86. The number of imidazole rings is 1. The van der Waals surface area contributed by atoms with Crippen LogP contribution in [0, 0.1) is 0 Å². The van der Waals surface area contributed by atoms with Crippen LogP contribution in [0.5, 0.6) is 0 Å². The van der Waals surface area contributed by atoms with Crippen LogP contribution in [0.2, 0.25) is 0 Å². The molecule has 6 heteroatoms. The Balaban J connectivity index is 1.84. The number of nitrogens with zero attached hydrogens (tertiary/aromatic N) is 4. The summed E-state index contributed by atoms with van der Waals surface area (Å²) in [7, 11) is 0. The summed E-state index contributed by atoms with van der Waals surface area (Å²) >= 11 is 0. The number of aryl methyl sites for hydroxylation is 1. The van der Waals surface area contributed by atoms with Crippen molar-refractivity contribution in [3.63, 3.8) is 0 Å². The maximum Gasteiger partial charge on any atom is 0.240 e. The quantitative estimate of drug-likeness (QED) is 0.838. The summed E-state index contributed by atoms with van der Waals surface area (Å²) in [4.78, 5) is 16.1. The van der Waals surface area contributed by atoms with E-state index < -0.39 is 0 Å². The van der Waals surface area contributed by atoms with Gasteiger partial charge in [-0.3, -0.25) is 9.48 Å². The Bertz CT molecular complexity index is 517. The van der Waals surface area contributed by atoms with Crippen molar-refractivity contribution >= 4 is 5.91 Å². The summed E-state index contributed by atoms with van der Waals surface area (Å²) < 4.78 is 3.68. The molecule has 0 aliphatic carbocycles.